The summed E-state index contributed by atoms with van der Waals surface area (Å²) < 4.78 is 26.8. The van der Waals surface area contributed by atoms with Gasteiger partial charge in [0, 0.05) is 54.7 Å². The Labute approximate surface area is 151 Å². The second-order valence-electron chi connectivity index (χ2n) is 5.91. The summed E-state index contributed by atoms with van der Waals surface area (Å²) in [6.07, 6.45) is 1.24. The molecule has 4 amide bonds. The van der Waals surface area contributed by atoms with Gasteiger partial charge in [0.05, 0.1) is 0 Å². The normalized spacial score (nSPS) is 15.8. The van der Waals surface area contributed by atoms with Crippen LogP contribution in [0.4, 0.5) is 9.59 Å². The zero-order valence-corrected chi connectivity index (χ0v) is 18.0. The molecule has 0 aromatic rings. The van der Waals surface area contributed by atoms with Crippen LogP contribution in [0.5, 0.6) is 0 Å². The van der Waals surface area contributed by atoms with Crippen LogP contribution in [0.15, 0.2) is 0 Å². The van der Waals surface area contributed by atoms with Gasteiger partial charge in [0.2, 0.25) is 0 Å². The molecule has 1 aliphatic heterocycles. The van der Waals surface area contributed by atoms with Gasteiger partial charge in [-0.05, 0) is 25.4 Å². The van der Waals surface area contributed by atoms with Crippen LogP contribution in [-0.4, -0.2) is 87.9 Å². The van der Waals surface area contributed by atoms with E-state index in [-0.39, 0.29) is 12.1 Å². The van der Waals surface area contributed by atoms with Gasteiger partial charge < -0.3 is 22.1 Å². The molecule has 0 aliphatic carbocycles. The van der Waals surface area contributed by atoms with Gasteiger partial charge in [0.15, 0.2) is 0 Å². The average molecular weight is 395 g/mol. The van der Waals surface area contributed by atoms with E-state index in [2.05, 4.69) is 0 Å². The first kappa shape index (κ1) is 22.2. The fourth-order valence-electron chi connectivity index (χ4n) is 2.65. The van der Waals surface area contributed by atoms with Crippen molar-refractivity contribution >= 4 is 29.4 Å². The Morgan fingerprint density at radius 1 is 0.720 bits per heavy atom. The number of nitrogens with zero attached hydrogens (tertiary/aromatic N) is 2. The summed E-state index contributed by atoms with van der Waals surface area (Å²) in [6, 6.07) is 0.741. The van der Waals surface area contributed by atoms with E-state index in [0.29, 0.717) is 32.0 Å². The van der Waals surface area contributed by atoms with E-state index in [4.69, 9.17) is 22.1 Å². The highest BCUT2D eigenvalue weighted by molar-refractivity contribution is 6.65. The van der Waals surface area contributed by atoms with E-state index in [1.807, 2.05) is 6.55 Å². The summed E-state index contributed by atoms with van der Waals surface area (Å²) in [5.41, 5.74) is 0. The number of carbonyl (C=O) groups is 2. The number of rotatable bonds is 13. The first-order chi connectivity index (χ1) is 11.8. The van der Waals surface area contributed by atoms with Gasteiger partial charge in [0.25, 0.3) is 0 Å². The summed E-state index contributed by atoms with van der Waals surface area (Å²) in [5.74, 6) is 0. The van der Waals surface area contributed by atoms with Gasteiger partial charge in [-0.3, -0.25) is 0 Å². The Hall–Kier alpha value is -0.826. The molecule has 9 nitrogen and oxygen atoms in total. The number of imide groups is 2. The van der Waals surface area contributed by atoms with Crippen molar-refractivity contribution in [1.29, 1.82) is 0 Å². The monoisotopic (exact) mass is 394 g/mol. The maximum Gasteiger partial charge on any atom is 0.500 e. The zero-order valence-electron chi connectivity index (χ0n) is 16.0. The highest BCUT2D eigenvalue weighted by Gasteiger charge is 2.44. The fraction of sp³-hybridized carbons (Fsp3) is 0.857. The van der Waals surface area contributed by atoms with Gasteiger partial charge >= 0.3 is 29.4 Å². The van der Waals surface area contributed by atoms with Crippen molar-refractivity contribution in [2.45, 2.75) is 31.5 Å². The quantitative estimate of drug-likeness (QED) is 0.441. The third-order valence-electron chi connectivity index (χ3n) is 4.60. The van der Waals surface area contributed by atoms with Crippen LogP contribution in [0.2, 0.25) is 18.6 Å². The largest absolute Gasteiger partial charge is 0.500 e. The lowest BCUT2D eigenvalue weighted by molar-refractivity contribution is 0.100. The molecular weight excluding hydrogens is 364 g/mol. The summed E-state index contributed by atoms with van der Waals surface area (Å²) >= 11 is 0. The Kier molecular flexibility index (Phi) is 8.67. The number of urea groups is 2. The van der Waals surface area contributed by atoms with E-state index in [0.717, 1.165) is 6.04 Å². The molecule has 0 spiro atoms. The Morgan fingerprint density at radius 2 is 1.12 bits per heavy atom. The number of carbonyl (C=O) groups excluding carboxylic acids is 2. The maximum atomic E-state index is 12.1. The molecule has 25 heavy (non-hydrogen) atoms. The van der Waals surface area contributed by atoms with Gasteiger partial charge in [0.1, 0.15) is 0 Å². The molecule has 0 bridgehead atoms. The van der Waals surface area contributed by atoms with Crippen molar-refractivity contribution in [2.24, 2.45) is 0 Å². The molecule has 0 aromatic heterocycles. The molecular formula is C14H30N2O7Si2. The lowest BCUT2D eigenvalue weighted by Gasteiger charge is -2.39. The first-order valence-corrected chi connectivity index (χ1v) is 12.7. The van der Waals surface area contributed by atoms with Crippen molar-refractivity contribution in [2.75, 3.05) is 48.6 Å². The third kappa shape index (κ3) is 5.32. The highest BCUT2D eigenvalue weighted by atomic mass is 28.4. The van der Waals surface area contributed by atoms with E-state index in [1.54, 1.807) is 14.2 Å². The standard InChI is InChI=1S/C14H30N2O7Si2/c1-19-24(6,20-2)11-7-9-15-13(17)16(14(15)18)10-8-12-25(21-3,22-4)23-5/h7-12H2,1-6H3. The van der Waals surface area contributed by atoms with Gasteiger partial charge in [-0.1, -0.05) is 0 Å². The molecule has 1 fully saturated rings. The molecule has 0 atom stereocenters. The van der Waals surface area contributed by atoms with Gasteiger partial charge in [-0.2, -0.15) is 0 Å². The lowest BCUT2D eigenvalue weighted by atomic mass is 10.3. The van der Waals surface area contributed by atoms with Crippen molar-refractivity contribution in [3.05, 3.63) is 0 Å². The zero-order chi connectivity index (χ0) is 19.1. The summed E-state index contributed by atoms with van der Waals surface area (Å²) in [7, 11) is 3.03. The molecule has 1 rings (SSSR count). The minimum Gasteiger partial charge on any atom is -0.398 e. The van der Waals surface area contributed by atoms with Crippen molar-refractivity contribution in [3.8, 4) is 0 Å². The molecule has 0 saturated carbocycles. The molecule has 11 heteroatoms. The van der Waals surface area contributed by atoms with E-state index in [1.165, 1.54) is 31.1 Å². The Balaban J connectivity index is 2.38. The highest BCUT2D eigenvalue weighted by Crippen LogP contribution is 2.22. The van der Waals surface area contributed by atoms with Crippen LogP contribution >= 0.6 is 0 Å². The maximum absolute atomic E-state index is 12.1. The molecule has 146 valence electrons. The van der Waals surface area contributed by atoms with Crippen molar-refractivity contribution in [3.63, 3.8) is 0 Å². The number of hydrogen-bond donors (Lipinski definition) is 0. The second-order valence-corrected chi connectivity index (χ2v) is 12.6. The summed E-state index contributed by atoms with van der Waals surface area (Å²) in [5, 5.41) is 0. The minimum atomic E-state index is -2.67. The third-order valence-corrected chi connectivity index (χ3v) is 10.4. The van der Waals surface area contributed by atoms with E-state index < -0.39 is 17.4 Å². The molecule has 1 saturated heterocycles. The van der Waals surface area contributed by atoms with E-state index in [9.17, 15) is 9.59 Å². The molecule has 0 aromatic carbocycles. The minimum absolute atomic E-state index is 0.261. The van der Waals surface area contributed by atoms with Crippen LogP contribution in [0.1, 0.15) is 12.8 Å². The number of hydrogen-bond acceptors (Lipinski definition) is 7. The van der Waals surface area contributed by atoms with Crippen LogP contribution in [-0.2, 0) is 22.1 Å². The number of amides is 4. The van der Waals surface area contributed by atoms with E-state index >= 15 is 0 Å². The molecule has 0 N–H and O–H groups in total. The van der Waals surface area contributed by atoms with Gasteiger partial charge in [-0.15, -0.1) is 0 Å². The molecule has 1 aliphatic rings. The van der Waals surface area contributed by atoms with Crippen molar-refractivity contribution in [1.82, 2.24) is 9.80 Å². The Bertz CT molecular complexity index is 434. The summed E-state index contributed by atoms with van der Waals surface area (Å²) in [6.45, 7) is 2.68. The molecule has 0 radical (unpaired) electrons. The Morgan fingerprint density at radius 3 is 1.48 bits per heavy atom. The summed E-state index contributed by atoms with van der Waals surface area (Å²) in [4.78, 5) is 26.8. The lowest BCUT2D eigenvalue weighted by Crippen LogP contribution is -2.64. The second kappa shape index (κ2) is 9.76. The predicted molar refractivity (Wildman–Crippen MR) is 95.5 cm³/mol. The SMILES string of the molecule is CO[Si](C)(CCCN1C(=O)N(CCC[Si](OC)(OC)OC)C1=O)OC. The van der Waals surface area contributed by atoms with Crippen LogP contribution in [0.3, 0.4) is 0 Å². The van der Waals surface area contributed by atoms with Crippen molar-refractivity contribution < 1.29 is 31.7 Å². The van der Waals surface area contributed by atoms with Crippen LogP contribution < -0.4 is 0 Å². The van der Waals surface area contributed by atoms with Gasteiger partial charge in [-0.25, -0.2) is 19.4 Å². The first-order valence-electron chi connectivity index (χ1n) is 8.20. The average Bonchev–Trinajstić information content (AvgIpc) is 2.65. The molecule has 0 unspecified atom stereocenters. The topological polar surface area (TPSA) is 86.8 Å². The van der Waals surface area contributed by atoms with Crippen LogP contribution in [0.25, 0.3) is 0 Å². The van der Waals surface area contributed by atoms with Crippen LogP contribution in [0, 0.1) is 0 Å². The molecule has 1 heterocycles. The fourth-order valence-corrected chi connectivity index (χ4v) is 5.73. The predicted octanol–water partition coefficient (Wildman–Crippen LogP) is 1.87. The smallest absolute Gasteiger partial charge is 0.398 e.